The Morgan fingerprint density at radius 1 is 1.38 bits per heavy atom. The standard InChI is InChI=1S/C15H18F3N3O3/c1-2-19-14(22)10-5-7-20(8-6-10)12-4-3-11(15(16,17)18)9-13(12)21(23)24/h3-4,9-10H,2,5-8H2,1H3,(H,19,22). The first kappa shape index (κ1) is 18.0. The molecular formula is C15H18F3N3O3. The number of amides is 1. The average Bonchev–Trinajstić information content (AvgIpc) is 2.53. The second-order valence-corrected chi connectivity index (χ2v) is 5.61. The molecule has 1 fully saturated rings. The van der Waals surface area contributed by atoms with Crippen molar-refractivity contribution < 1.29 is 22.9 Å². The number of nitro benzene ring substituents is 1. The molecule has 1 saturated heterocycles. The maximum atomic E-state index is 12.7. The fraction of sp³-hybridized carbons (Fsp3) is 0.533. The summed E-state index contributed by atoms with van der Waals surface area (Å²) < 4.78 is 38.2. The second kappa shape index (κ2) is 7.06. The zero-order valence-electron chi connectivity index (χ0n) is 13.1. The van der Waals surface area contributed by atoms with Crippen molar-refractivity contribution >= 4 is 17.3 Å². The molecule has 1 N–H and O–H groups in total. The van der Waals surface area contributed by atoms with E-state index in [0.717, 1.165) is 12.1 Å². The quantitative estimate of drug-likeness (QED) is 0.672. The van der Waals surface area contributed by atoms with Crippen LogP contribution in [0.25, 0.3) is 0 Å². The summed E-state index contributed by atoms with van der Waals surface area (Å²) >= 11 is 0. The number of piperidine rings is 1. The fourth-order valence-electron chi connectivity index (χ4n) is 2.81. The van der Waals surface area contributed by atoms with Gasteiger partial charge in [-0.3, -0.25) is 14.9 Å². The normalized spacial score (nSPS) is 16.1. The van der Waals surface area contributed by atoms with Crippen LogP contribution in [0.5, 0.6) is 0 Å². The predicted molar refractivity (Wildman–Crippen MR) is 81.7 cm³/mol. The SMILES string of the molecule is CCNC(=O)C1CCN(c2ccc(C(F)(F)F)cc2[N+](=O)[O-])CC1. The van der Waals surface area contributed by atoms with Gasteiger partial charge in [-0.1, -0.05) is 0 Å². The number of hydrogen-bond donors (Lipinski definition) is 1. The van der Waals surface area contributed by atoms with Crippen molar-refractivity contribution in [2.45, 2.75) is 25.9 Å². The molecule has 0 bridgehead atoms. The van der Waals surface area contributed by atoms with Crippen molar-refractivity contribution in [3.8, 4) is 0 Å². The Hall–Kier alpha value is -2.32. The van der Waals surface area contributed by atoms with Gasteiger partial charge in [0.25, 0.3) is 5.69 Å². The molecule has 1 aromatic carbocycles. The zero-order chi connectivity index (χ0) is 17.9. The van der Waals surface area contributed by atoms with E-state index in [0.29, 0.717) is 38.5 Å². The summed E-state index contributed by atoms with van der Waals surface area (Å²) in [7, 11) is 0. The second-order valence-electron chi connectivity index (χ2n) is 5.61. The molecule has 24 heavy (non-hydrogen) atoms. The van der Waals surface area contributed by atoms with E-state index < -0.39 is 22.4 Å². The number of nitrogens with one attached hydrogen (secondary N) is 1. The number of carbonyl (C=O) groups excluding carboxylic acids is 1. The first-order valence-corrected chi connectivity index (χ1v) is 7.62. The third-order valence-electron chi connectivity index (χ3n) is 4.06. The molecule has 0 radical (unpaired) electrons. The number of hydrogen-bond acceptors (Lipinski definition) is 4. The van der Waals surface area contributed by atoms with E-state index in [1.807, 2.05) is 6.92 Å². The van der Waals surface area contributed by atoms with Crippen LogP contribution in [0, 0.1) is 16.0 Å². The van der Waals surface area contributed by atoms with Crippen LogP contribution in [0.1, 0.15) is 25.3 Å². The van der Waals surface area contributed by atoms with Crippen LogP contribution in [0.3, 0.4) is 0 Å². The molecule has 6 nitrogen and oxygen atoms in total. The van der Waals surface area contributed by atoms with E-state index in [2.05, 4.69) is 5.32 Å². The first-order chi connectivity index (χ1) is 11.2. The molecule has 1 aromatic rings. The van der Waals surface area contributed by atoms with Gasteiger partial charge in [0.2, 0.25) is 5.91 Å². The first-order valence-electron chi connectivity index (χ1n) is 7.62. The number of halogens is 3. The molecule has 9 heteroatoms. The number of benzene rings is 1. The highest BCUT2D eigenvalue weighted by molar-refractivity contribution is 5.79. The van der Waals surface area contributed by atoms with Crippen molar-refractivity contribution in [2.75, 3.05) is 24.5 Å². The molecule has 1 heterocycles. The van der Waals surface area contributed by atoms with Crippen molar-refractivity contribution in [3.05, 3.63) is 33.9 Å². The summed E-state index contributed by atoms with van der Waals surface area (Å²) in [5.74, 6) is -0.228. The van der Waals surface area contributed by atoms with Gasteiger partial charge in [0.05, 0.1) is 10.5 Å². The lowest BCUT2D eigenvalue weighted by Gasteiger charge is -2.32. The summed E-state index contributed by atoms with van der Waals surface area (Å²) in [5.41, 5.74) is -1.46. The minimum atomic E-state index is -4.63. The highest BCUT2D eigenvalue weighted by Crippen LogP contribution is 2.37. The molecule has 0 aliphatic carbocycles. The molecule has 0 spiro atoms. The Labute approximate surface area is 136 Å². The third-order valence-corrected chi connectivity index (χ3v) is 4.06. The molecular weight excluding hydrogens is 327 g/mol. The molecule has 1 aliphatic heterocycles. The lowest BCUT2D eigenvalue weighted by Crippen LogP contribution is -2.40. The number of anilines is 1. The molecule has 0 unspecified atom stereocenters. The highest BCUT2D eigenvalue weighted by Gasteiger charge is 2.34. The Kier molecular flexibility index (Phi) is 5.30. The van der Waals surface area contributed by atoms with Crippen LogP contribution in [0.2, 0.25) is 0 Å². The van der Waals surface area contributed by atoms with Crippen LogP contribution < -0.4 is 10.2 Å². The summed E-state index contributed by atoms with van der Waals surface area (Å²) in [6.07, 6.45) is -3.62. The molecule has 132 valence electrons. The van der Waals surface area contributed by atoms with Gasteiger partial charge in [-0.05, 0) is 31.9 Å². The van der Waals surface area contributed by atoms with Gasteiger partial charge in [0, 0.05) is 31.6 Å². The Morgan fingerprint density at radius 3 is 2.50 bits per heavy atom. The molecule has 0 atom stereocenters. The van der Waals surface area contributed by atoms with E-state index in [4.69, 9.17) is 0 Å². The van der Waals surface area contributed by atoms with Gasteiger partial charge in [-0.25, -0.2) is 0 Å². The topological polar surface area (TPSA) is 75.5 Å². The summed E-state index contributed by atoms with van der Waals surface area (Å²) in [6, 6.07) is 2.54. The summed E-state index contributed by atoms with van der Waals surface area (Å²) in [5, 5.41) is 13.9. The lowest BCUT2D eigenvalue weighted by atomic mass is 9.95. The van der Waals surface area contributed by atoms with Crippen LogP contribution in [0.15, 0.2) is 18.2 Å². The van der Waals surface area contributed by atoms with E-state index in [1.165, 1.54) is 0 Å². The van der Waals surface area contributed by atoms with Crippen LogP contribution in [-0.4, -0.2) is 30.5 Å². The van der Waals surface area contributed by atoms with E-state index in [-0.39, 0.29) is 17.5 Å². The van der Waals surface area contributed by atoms with Crippen molar-refractivity contribution in [1.29, 1.82) is 0 Å². The number of nitrogens with zero attached hydrogens (tertiary/aromatic N) is 2. The number of nitro groups is 1. The smallest absolute Gasteiger partial charge is 0.366 e. The van der Waals surface area contributed by atoms with E-state index in [1.54, 1.807) is 4.90 Å². The lowest BCUT2D eigenvalue weighted by molar-refractivity contribution is -0.384. The summed E-state index contributed by atoms with van der Waals surface area (Å²) in [6.45, 7) is 3.12. The maximum Gasteiger partial charge on any atom is 0.416 e. The van der Waals surface area contributed by atoms with Crippen molar-refractivity contribution in [2.24, 2.45) is 5.92 Å². The van der Waals surface area contributed by atoms with Gasteiger partial charge >= 0.3 is 6.18 Å². The Bertz CT molecular complexity index is 626. The largest absolute Gasteiger partial charge is 0.416 e. The highest BCUT2D eigenvalue weighted by atomic mass is 19.4. The number of alkyl halides is 3. The van der Waals surface area contributed by atoms with Crippen molar-refractivity contribution in [1.82, 2.24) is 5.32 Å². The number of rotatable bonds is 4. The third kappa shape index (κ3) is 3.95. The van der Waals surface area contributed by atoms with Crippen LogP contribution in [-0.2, 0) is 11.0 Å². The van der Waals surface area contributed by atoms with Crippen LogP contribution in [0.4, 0.5) is 24.5 Å². The predicted octanol–water partition coefficient (Wildman–Crippen LogP) is 2.97. The molecule has 2 rings (SSSR count). The molecule has 1 amide bonds. The average molecular weight is 345 g/mol. The fourth-order valence-corrected chi connectivity index (χ4v) is 2.81. The van der Waals surface area contributed by atoms with Crippen molar-refractivity contribution in [3.63, 3.8) is 0 Å². The molecule has 1 aliphatic rings. The van der Waals surface area contributed by atoms with Gasteiger partial charge < -0.3 is 10.2 Å². The molecule has 0 aromatic heterocycles. The minimum Gasteiger partial charge on any atom is -0.366 e. The monoisotopic (exact) mass is 345 g/mol. The number of carbonyl (C=O) groups is 1. The zero-order valence-corrected chi connectivity index (χ0v) is 13.1. The summed E-state index contributed by atoms with van der Waals surface area (Å²) in [4.78, 5) is 23.8. The Morgan fingerprint density at radius 2 is 2.00 bits per heavy atom. The molecule has 0 saturated carbocycles. The van der Waals surface area contributed by atoms with Gasteiger partial charge in [0.1, 0.15) is 5.69 Å². The minimum absolute atomic E-state index is 0.0564. The van der Waals surface area contributed by atoms with Gasteiger partial charge in [-0.2, -0.15) is 13.2 Å². The van der Waals surface area contributed by atoms with E-state index >= 15 is 0 Å². The van der Waals surface area contributed by atoms with Crippen LogP contribution >= 0.6 is 0 Å². The maximum absolute atomic E-state index is 12.7. The van der Waals surface area contributed by atoms with E-state index in [9.17, 15) is 28.1 Å². The van der Waals surface area contributed by atoms with Gasteiger partial charge in [-0.15, -0.1) is 0 Å². The van der Waals surface area contributed by atoms with Gasteiger partial charge in [0.15, 0.2) is 0 Å². The Balaban J connectivity index is 2.18.